The Hall–Kier alpha value is -3.02. The third kappa shape index (κ3) is 1.88. The second kappa shape index (κ2) is 4.77. The minimum atomic E-state index is -0.388. The number of rotatable bonds is 1. The molecule has 6 nitrogen and oxygen atoms in total. The number of nitrogens with zero attached hydrogens (tertiary/aromatic N) is 3. The predicted molar refractivity (Wildman–Crippen MR) is 77.8 cm³/mol. The number of fused-ring (bicyclic) bond motifs is 2. The van der Waals surface area contributed by atoms with Crippen molar-refractivity contribution in [1.29, 1.82) is 0 Å². The second-order valence-electron chi connectivity index (χ2n) is 5.08. The molecule has 0 radical (unpaired) electrons. The molecule has 4 heterocycles. The van der Waals surface area contributed by atoms with Crippen LogP contribution in [0.25, 0.3) is 5.65 Å². The van der Waals surface area contributed by atoms with Gasteiger partial charge in [0.25, 0.3) is 5.56 Å². The molecule has 0 bridgehead atoms. The molecule has 6 heteroatoms. The van der Waals surface area contributed by atoms with Crippen molar-refractivity contribution in [2.75, 3.05) is 0 Å². The van der Waals surface area contributed by atoms with Crippen LogP contribution in [-0.2, 0) is 4.79 Å². The maximum Gasteiger partial charge on any atom is 0.313 e. The van der Waals surface area contributed by atoms with Gasteiger partial charge in [-0.3, -0.25) is 19.0 Å². The highest BCUT2D eigenvalue weighted by Gasteiger charge is 2.33. The van der Waals surface area contributed by atoms with Crippen LogP contribution in [0.3, 0.4) is 0 Å². The number of aromatic nitrogens is 3. The highest BCUT2D eigenvalue weighted by atomic mass is 16.5. The quantitative estimate of drug-likeness (QED) is 0.636. The van der Waals surface area contributed by atoms with Crippen molar-refractivity contribution in [2.45, 2.75) is 12.3 Å². The van der Waals surface area contributed by atoms with Crippen molar-refractivity contribution in [2.24, 2.45) is 0 Å². The van der Waals surface area contributed by atoms with Gasteiger partial charge in [-0.05, 0) is 29.8 Å². The van der Waals surface area contributed by atoms with Crippen molar-refractivity contribution >= 4 is 11.6 Å². The topological polar surface area (TPSA) is 73.6 Å². The summed E-state index contributed by atoms with van der Waals surface area (Å²) < 4.78 is 6.66. The highest BCUT2D eigenvalue weighted by Crippen LogP contribution is 2.35. The van der Waals surface area contributed by atoms with Gasteiger partial charge in [0.1, 0.15) is 5.65 Å². The first kappa shape index (κ1) is 12.7. The van der Waals surface area contributed by atoms with Crippen molar-refractivity contribution in [3.63, 3.8) is 0 Å². The van der Waals surface area contributed by atoms with Crippen LogP contribution in [0.1, 0.15) is 23.5 Å². The van der Waals surface area contributed by atoms with Gasteiger partial charge >= 0.3 is 5.97 Å². The van der Waals surface area contributed by atoms with Crippen molar-refractivity contribution in [1.82, 2.24) is 14.4 Å². The van der Waals surface area contributed by atoms with Gasteiger partial charge in [-0.2, -0.15) is 4.98 Å². The molecule has 108 valence electrons. The molecule has 0 amide bonds. The Morgan fingerprint density at radius 3 is 2.77 bits per heavy atom. The first-order valence-electron chi connectivity index (χ1n) is 6.86. The molecule has 0 saturated heterocycles. The number of hydrogen-bond acceptors (Lipinski definition) is 5. The van der Waals surface area contributed by atoms with Gasteiger partial charge in [-0.1, -0.05) is 6.07 Å². The van der Waals surface area contributed by atoms with Crippen LogP contribution in [0.15, 0.2) is 53.7 Å². The lowest BCUT2D eigenvalue weighted by molar-refractivity contribution is -0.135. The summed E-state index contributed by atoms with van der Waals surface area (Å²) in [5, 5.41) is 0. The standard InChI is InChI=1S/C16H11N3O3/c20-13-9-11(10-4-6-17-7-5-10)14-15(22-13)18-12-3-1-2-8-19(12)16(14)21/h1-8,11H,9H2. The number of hydrogen-bond donors (Lipinski definition) is 0. The molecule has 0 N–H and O–H groups in total. The van der Waals surface area contributed by atoms with Crippen LogP contribution in [0.4, 0.5) is 0 Å². The van der Waals surface area contributed by atoms with E-state index in [1.807, 2.05) is 0 Å². The summed E-state index contributed by atoms with van der Waals surface area (Å²) in [5.41, 5.74) is 1.50. The molecule has 3 aromatic rings. The maximum atomic E-state index is 12.8. The zero-order chi connectivity index (χ0) is 15.1. The Labute approximate surface area is 125 Å². The van der Waals surface area contributed by atoms with Crippen LogP contribution in [0, 0.1) is 0 Å². The van der Waals surface area contributed by atoms with E-state index in [-0.39, 0.29) is 29.7 Å². The third-order valence-corrected chi connectivity index (χ3v) is 3.77. The molecular weight excluding hydrogens is 282 g/mol. The van der Waals surface area contributed by atoms with E-state index in [1.165, 1.54) is 4.40 Å². The molecule has 0 aliphatic carbocycles. The monoisotopic (exact) mass is 293 g/mol. The molecule has 0 fully saturated rings. The molecule has 0 spiro atoms. The molecule has 1 aliphatic rings. The second-order valence-corrected chi connectivity index (χ2v) is 5.08. The Morgan fingerprint density at radius 1 is 1.14 bits per heavy atom. The summed E-state index contributed by atoms with van der Waals surface area (Å²) in [5.74, 6) is -0.646. The average molecular weight is 293 g/mol. The van der Waals surface area contributed by atoms with Crippen molar-refractivity contribution in [3.8, 4) is 5.88 Å². The summed E-state index contributed by atoms with van der Waals surface area (Å²) in [6.07, 6.45) is 5.06. The van der Waals surface area contributed by atoms with Gasteiger partial charge in [0.2, 0.25) is 5.88 Å². The Balaban J connectivity index is 2.02. The Kier molecular flexibility index (Phi) is 2.75. The SMILES string of the molecule is O=C1CC(c2ccncc2)c2c(nc3ccccn3c2=O)O1. The summed E-state index contributed by atoms with van der Waals surface area (Å²) in [6.45, 7) is 0. The van der Waals surface area contributed by atoms with E-state index >= 15 is 0 Å². The zero-order valence-electron chi connectivity index (χ0n) is 11.5. The molecule has 22 heavy (non-hydrogen) atoms. The fraction of sp³-hybridized carbons (Fsp3) is 0.125. The van der Waals surface area contributed by atoms with Crippen LogP contribution in [0.5, 0.6) is 5.88 Å². The summed E-state index contributed by atoms with van der Waals surface area (Å²) in [4.78, 5) is 32.9. The van der Waals surface area contributed by atoms with Gasteiger partial charge in [-0.25, -0.2) is 0 Å². The fourth-order valence-electron chi connectivity index (χ4n) is 2.76. The molecule has 0 saturated carbocycles. The molecule has 3 aromatic heterocycles. The first-order valence-corrected chi connectivity index (χ1v) is 6.86. The predicted octanol–water partition coefficient (Wildman–Crippen LogP) is 1.53. The third-order valence-electron chi connectivity index (χ3n) is 3.77. The lowest BCUT2D eigenvalue weighted by atomic mass is 9.89. The average Bonchev–Trinajstić information content (AvgIpc) is 2.55. The number of pyridine rings is 2. The highest BCUT2D eigenvalue weighted by molar-refractivity contribution is 5.77. The fourth-order valence-corrected chi connectivity index (χ4v) is 2.76. The minimum absolute atomic E-state index is 0.106. The van der Waals surface area contributed by atoms with E-state index in [9.17, 15) is 9.59 Å². The van der Waals surface area contributed by atoms with Crippen molar-refractivity contribution in [3.05, 3.63) is 70.4 Å². The van der Waals surface area contributed by atoms with Gasteiger partial charge < -0.3 is 4.74 Å². The summed E-state index contributed by atoms with van der Waals surface area (Å²) in [7, 11) is 0. The molecule has 0 aromatic carbocycles. The lowest BCUT2D eigenvalue weighted by Crippen LogP contribution is -2.31. The maximum absolute atomic E-state index is 12.8. The largest absolute Gasteiger partial charge is 0.407 e. The minimum Gasteiger partial charge on any atom is -0.407 e. The Bertz CT molecular complexity index is 934. The van der Waals surface area contributed by atoms with E-state index in [1.54, 1.807) is 48.9 Å². The van der Waals surface area contributed by atoms with Crippen LogP contribution < -0.4 is 10.3 Å². The van der Waals surface area contributed by atoms with Gasteiger partial charge in [0, 0.05) is 24.5 Å². The molecule has 1 aliphatic heterocycles. The summed E-state index contributed by atoms with van der Waals surface area (Å²) in [6, 6.07) is 8.84. The normalized spacial score (nSPS) is 17.1. The van der Waals surface area contributed by atoms with Gasteiger partial charge in [0.05, 0.1) is 12.0 Å². The summed E-state index contributed by atoms with van der Waals surface area (Å²) >= 11 is 0. The number of ether oxygens (including phenoxy) is 1. The molecular formula is C16H11N3O3. The number of esters is 1. The van der Waals surface area contributed by atoms with Gasteiger partial charge in [-0.15, -0.1) is 0 Å². The van der Waals surface area contributed by atoms with E-state index in [0.29, 0.717) is 11.2 Å². The molecule has 1 unspecified atom stereocenters. The smallest absolute Gasteiger partial charge is 0.313 e. The van der Waals surface area contributed by atoms with Gasteiger partial charge in [0.15, 0.2) is 0 Å². The number of carbonyl (C=O) groups excluding carboxylic acids is 1. The molecule has 4 rings (SSSR count). The van der Waals surface area contributed by atoms with Crippen LogP contribution in [-0.4, -0.2) is 20.3 Å². The van der Waals surface area contributed by atoms with Crippen molar-refractivity contribution < 1.29 is 9.53 Å². The molecule has 1 atom stereocenters. The van der Waals surface area contributed by atoms with E-state index in [0.717, 1.165) is 5.56 Å². The zero-order valence-corrected chi connectivity index (χ0v) is 11.5. The Morgan fingerprint density at radius 2 is 1.95 bits per heavy atom. The van der Waals surface area contributed by atoms with Crippen LogP contribution >= 0.6 is 0 Å². The lowest BCUT2D eigenvalue weighted by Gasteiger charge is -2.23. The van der Waals surface area contributed by atoms with E-state index < -0.39 is 0 Å². The number of carbonyl (C=O) groups is 1. The van der Waals surface area contributed by atoms with E-state index in [4.69, 9.17) is 4.74 Å². The first-order chi connectivity index (χ1) is 10.7. The van der Waals surface area contributed by atoms with E-state index in [2.05, 4.69) is 9.97 Å². The van der Waals surface area contributed by atoms with Crippen LogP contribution in [0.2, 0.25) is 0 Å².